The molecule has 0 fully saturated rings. The third kappa shape index (κ3) is 7.87. The van der Waals surface area contributed by atoms with Crippen molar-refractivity contribution in [2.45, 2.75) is 37.5 Å². The van der Waals surface area contributed by atoms with Crippen LogP contribution >= 0.6 is 45.9 Å². The highest BCUT2D eigenvalue weighted by Crippen LogP contribution is 2.39. The fraction of sp³-hybridized carbons (Fsp3) is 0.176. The van der Waals surface area contributed by atoms with Gasteiger partial charge in [-0.1, -0.05) is 83.9 Å². The number of ether oxygens (including phenoxy) is 4. The lowest BCUT2D eigenvalue weighted by Gasteiger charge is -2.24. The molecule has 0 aliphatic heterocycles. The lowest BCUT2D eigenvalue weighted by Crippen LogP contribution is -2.37. The molecule has 0 radical (unpaired) electrons. The van der Waals surface area contributed by atoms with E-state index < -0.39 is 36.6 Å². The molecule has 48 heavy (non-hydrogen) atoms. The van der Waals surface area contributed by atoms with Crippen molar-refractivity contribution in [2.75, 3.05) is 0 Å². The van der Waals surface area contributed by atoms with E-state index in [1.165, 1.54) is 22.7 Å². The van der Waals surface area contributed by atoms with Crippen molar-refractivity contribution in [2.24, 2.45) is 11.5 Å². The number of carbonyl (C=O) groups is 2. The molecule has 246 valence electrons. The molecule has 6 rings (SSSR count). The molecule has 14 heteroatoms. The number of nitrogens with two attached hydrogens (primary N) is 2. The van der Waals surface area contributed by atoms with Crippen LogP contribution < -0.4 is 20.9 Å². The number of benzene rings is 4. The fourth-order valence-electron chi connectivity index (χ4n) is 5.06. The van der Waals surface area contributed by atoms with Crippen LogP contribution in [0.15, 0.2) is 96.2 Å². The van der Waals surface area contributed by atoms with E-state index in [1.54, 1.807) is 35.5 Å². The quantitative estimate of drug-likeness (QED) is 0.0735. The maximum absolute atomic E-state index is 12.8. The monoisotopic (exact) mass is 722 g/mol. The summed E-state index contributed by atoms with van der Waals surface area (Å²) in [6, 6.07) is 22.5. The van der Waals surface area contributed by atoms with Gasteiger partial charge in [0.05, 0.1) is 30.8 Å². The van der Waals surface area contributed by atoms with Crippen LogP contribution in [0.4, 0.5) is 0 Å². The van der Waals surface area contributed by atoms with Crippen molar-refractivity contribution in [3.63, 3.8) is 0 Å². The summed E-state index contributed by atoms with van der Waals surface area (Å²) in [4.78, 5) is 35.3. The molecule has 4 atom stereocenters. The summed E-state index contributed by atoms with van der Waals surface area (Å²) in [5.41, 5.74) is 15.7. The van der Waals surface area contributed by atoms with Gasteiger partial charge in [0.1, 0.15) is 23.7 Å². The topological polar surface area (TPSA) is 149 Å². The van der Waals surface area contributed by atoms with Crippen LogP contribution in [0.2, 0.25) is 10.0 Å². The van der Waals surface area contributed by atoms with Crippen molar-refractivity contribution in [1.29, 1.82) is 0 Å². The second kappa shape index (κ2) is 15.3. The zero-order valence-corrected chi connectivity index (χ0v) is 28.2. The van der Waals surface area contributed by atoms with Gasteiger partial charge in [0.25, 0.3) is 0 Å². The van der Waals surface area contributed by atoms with Crippen molar-refractivity contribution >= 4 is 79.4 Å². The molecule has 0 saturated carbocycles. The average molecular weight is 724 g/mol. The van der Waals surface area contributed by atoms with Crippen LogP contribution in [0.25, 0.3) is 21.5 Å². The first-order valence-electron chi connectivity index (χ1n) is 14.6. The first-order chi connectivity index (χ1) is 23.3. The van der Waals surface area contributed by atoms with E-state index in [9.17, 15) is 9.59 Å². The molecule has 4 aromatic carbocycles. The normalized spacial score (nSPS) is 13.8. The van der Waals surface area contributed by atoms with Crippen molar-refractivity contribution < 1.29 is 28.5 Å². The van der Waals surface area contributed by atoms with Crippen molar-refractivity contribution in [3.8, 4) is 11.5 Å². The van der Waals surface area contributed by atoms with Crippen LogP contribution in [-0.2, 0) is 19.1 Å². The smallest absolute Gasteiger partial charge is 0.419 e. The Hall–Kier alpha value is -4.30. The van der Waals surface area contributed by atoms with E-state index in [2.05, 4.69) is 9.97 Å². The van der Waals surface area contributed by atoms with Gasteiger partial charge in [0, 0.05) is 36.0 Å². The molecule has 0 aliphatic carbocycles. The summed E-state index contributed by atoms with van der Waals surface area (Å²) >= 11 is 15.7. The number of aromatic nitrogens is 2. The lowest BCUT2D eigenvalue weighted by molar-refractivity contribution is -0.175. The van der Waals surface area contributed by atoms with Gasteiger partial charge < -0.3 is 18.9 Å². The molecule has 2 aromatic heterocycles. The van der Waals surface area contributed by atoms with Crippen LogP contribution in [-0.4, -0.2) is 34.4 Å². The van der Waals surface area contributed by atoms with Crippen LogP contribution in [0.1, 0.15) is 34.8 Å². The number of carbonyl (C=O) groups excluding carboxylic acids is 2. The van der Waals surface area contributed by atoms with E-state index in [1.807, 2.05) is 60.7 Å². The molecular weight excluding hydrogens is 695 g/mol. The summed E-state index contributed by atoms with van der Waals surface area (Å²) in [5.74, 6) is -1.73. The Kier molecular flexibility index (Phi) is 10.7. The lowest BCUT2D eigenvalue weighted by atomic mass is 10.1. The molecular formula is C34H28Cl2N4O6S2. The van der Waals surface area contributed by atoms with Gasteiger partial charge in [-0.15, -0.1) is 22.7 Å². The highest BCUT2D eigenvalue weighted by atomic mass is 35.5. The summed E-state index contributed by atoms with van der Waals surface area (Å²) < 4.78 is 23.2. The van der Waals surface area contributed by atoms with E-state index in [4.69, 9.17) is 53.6 Å². The Balaban J connectivity index is 1.10. The minimum Gasteiger partial charge on any atom is -0.482 e. The van der Waals surface area contributed by atoms with E-state index in [0.717, 1.165) is 31.3 Å². The fourth-order valence-corrected chi connectivity index (χ4v) is 6.80. The molecule has 2 heterocycles. The second-order valence-electron chi connectivity index (χ2n) is 10.6. The largest absolute Gasteiger partial charge is 0.482 e. The minimum atomic E-state index is -1.31. The third-order valence-corrected chi connectivity index (χ3v) is 9.63. The predicted octanol–water partition coefficient (Wildman–Crippen LogP) is 7.59. The number of hydrogen-bond donors (Lipinski definition) is 2. The van der Waals surface area contributed by atoms with E-state index in [0.29, 0.717) is 21.5 Å². The molecule has 4 N–H and O–H groups in total. The number of esters is 2. The maximum atomic E-state index is 12.8. The Morgan fingerprint density at radius 1 is 0.646 bits per heavy atom. The Morgan fingerprint density at radius 2 is 1.06 bits per heavy atom. The first kappa shape index (κ1) is 33.6. The maximum Gasteiger partial charge on any atom is 0.419 e. The van der Waals surface area contributed by atoms with Crippen molar-refractivity contribution in [3.05, 3.63) is 116 Å². The van der Waals surface area contributed by atoms with Crippen LogP contribution in [0.5, 0.6) is 11.5 Å². The Labute approximate surface area is 293 Å². The SMILES string of the molecule is NC(CC(Oc1c(Cl)ccc2ccccc12)c1cncs1)OC(=O)C(=O)OC(N)CC(Oc1c(Cl)ccc2ccccc12)c1cncs1. The number of hydrogen-bond acceptors (Lipinski definition) is 12. The predicted molar refractivity (Wildman–Crippen MR) is 186 cm³/mol. The van der Waals surface area contributed by atoms with Gasteiger partial charge in [-0.2, -0.15) is 0 Å². The molecule has 0 saturated heterocycles. The Morgan fingerprint density at radius 3 is 1.46 bits per heavy atom. The molecule has 0 aliphatic rings. The molecule has 6 aromatic rings. The summed E-state index contributed by atoms with van der Waals surface area (Å²) in [6.45, 7) is 0. The van der Waals surface area contributed by atoms with Gasteiger partial charge in [-0.3, -0.25) is 21.4 Å². The van der Waals surface area contributed by atoms with Crippen LogP contribution in [0.3, 0.4) is 0 Å². The van der Waals surface area contributed by atoms with Gasteiger partial charge in [0.15, 0.2) is 12.5 Å². The molecule has 0 bridgehead atoms. The standard InChI is InChI=1S/C34H28Cl2N4O6S2/c35-23-11-9-19-5-1-3-7-21(19)31(23)43-25(27-15-39-17-47-27)13-29(37)45-33(41)34(42)46-30(38)14-26(28-16-40-18-48-28)44-32-22-8-4-2-6-20(22)10-12-24(32)36/h1-12,15-18,25-26,29-30H,13-14,37-38H2. The first-order valence-corrected chi connectivity index (χ1v) is 17.2. The van der Waals surface area contributed by atoms with Gasteiger partial charge in [-0.05, 0) is 22.9 Å². The van der Waals surface area contributed by atoms with Gasteiger partial charge in [0.2, 0.25) is 0 Å². The zero-order valence-electron chi connectivity index (χ0n) is 25.0. The minimum absolute atomic E-state index is 0.0140. The number of halogens is 2. The van der Waals surface area contributed by atoms with Crippen molar-refractivity contribution in [1.82, 2.24) is 9.97 Å². The summed E-state index contributed by atoms with van der Waals surface area (Å²) in [6.07, 6.45) is -0.653. The number of fused-ring (bicyclic) bond motifs is 2. The van der Waals surface area contributed by atoms with Gasteiger partial charge >= 0.3 is 11.9 Å². The Bertz CT molecular complexity index is 1880. The van der Waals surface area contributed by atoms with Crippen LogP contribution in [0, 0.1) is 0 Å². The molecule has 4 unspecified atom stereocenters. The third-order valence-electron chi connectivity index (χ3n) is 7.30. The average Bonchev–Trinajstić information content (AvgIpc) is 3.82. The van der Waals surface area contributed by atoms with E-state index >= 15 is 0 Å². The summed E-state index contributed by atoms with van der Waals surface area (Å²) in [7, 11) is 0. The highest BCUT2D eigenvalue weighted by molar-refractivity contribution is 7.09. The van der Waals surface area contributed by atoms with E-state index in [-0.39, 0.29) is 12.8 Å². The highest BCUT2D eigenvalue weighted by Gasteiger charge is 2.29. The zero-order chi connectivity index (χ0) is 33.6. The number of nitrogens with zero attached hydrogens (tertiary/aromatic N) is 2. The number of rotatable bonds is 12. The molecule has 0 amide bonds. The van der Waals surface area contributed by atoms with Gasteiger partial charge in [-0.25, -0.2) is 9.59 Å². The molecule has 0 spiro atoms. The second-order valence-corrected chi connectivity index (χ2v) is 13.2. The molecule has 10 nitrogen and oxygen atoms in total. The number of thiazole rings is 2. The summed E-state index contributed by atoms with van der Waals surface area (Å²) in [5, 5.41) is 4.25.